The molecule has 1 aliphatic rings. The Morgan fingerprint density at radius 3 is 3.00 bits per heavy atom. The summed E-state index contributed by atoms with van der Waals surface area (Å²) in [6.45, 7) is 4.03. The Hall–Kier alpha value is -1.33. The van der Waals surface area contributed by atoms with E-state index in [0.717, 1.165) is 19.4 Å². The van der Waals surface area contributed by atoms with Crippen LogP contribution in [-0.4, -0.2) is 25.6 Å². The zero-order valence-electron chi connectivity index (χ0n) is 11.4. The van der Waals surface area contributed by atoms with Crippen LogP contribution in [0.15, 0.2) is 18.2 Å². The average molecular weight is 303 g/mol. The fourth-order valence-corrected chi connectivity index (χ4v) is 2.04. The number of hydrogen-bond acceptors (Lipinski definition) is 3. The van der Waals surface area contributed by atoms with Gasteiger partial charge in [0.1, 0.15) is 11.6 Å². The van der Waals surface area contributed by atoms with E-state index in [4.69, 9.17) is 4.74 Å². The second-order valence-corrected chi connectivity index (χ2v) is 4.67. The zero-order valence-corrected chi connectivity index (χ0v) is 12.3. The van der Waals surface area contributed by atoms with Gasteiger partial charge in [-0.15, -0.1) is 12.4 Å². The van der Waals surface area contributed by atoms with Crippen molar-refractivity contribution in [1.29, 1.82) is 0 Å². The molecular formula is C14H20ClFN2O2. The fraction of sp³-hybridized carbons (Fsp3) is 0.500. The summed E-state index contributed by atoms with van der Waals surface area (Å²) in [7, 11) is 0. The van der Waals surface area contributed by atoms with Gasteiger partial charge in [0.15, 0.2) is 0 Å². The minimum Gasteiger partial charge on any atom is -0.491 e. The molecule has 1 atom stereocenters. The first-order valence-corrected chi connectivity index (χ1v) is 6.64. The molecule has 4 nitrogen and oxygen atoms in total. The summed E-state index contributed by atoms with van der Waals surface area (Å²) in [6, 6.07) is 4.17. The first-order chi connectivity index (χ1) is 9.20. The highest BCUT2D eigenvalue weighted by atomic mass is 35.5. The first kappa shape index (κ1) is 16.7. The van der Waals surface area contributed by atoms with Gasteiger partial charge in [-0.25, -0.2) is 4.39 Å². The predicted molar refractivity (Wildman–Crippen MR) is 79.0 cm³/mol. The molecule has 0 aromatic heterocycles. The Labute approximate surface area is 124 Å². The maximum absolute atomic E-state index is 13.2. The van der Waals surface area contributed by atoms with Gasteiger partial charge in [0, 0.05) is 12.6 Å². The second kappa shape index (κ2) is 8.07. The van der Waals surface area contributed by atoms with Crippen LogP contribution in [0.1, 0.15) is 19.8 Å². The van der Waals surface area contributed by atoms with Crippen LogP contribution >= 0.6 is 12.4 Å². The topological polar surface area (TPSA) is 50.4 Å². The molecule has 0 radical (unpaired) electrons. The van der Waals surface area contributed by atoms with Crippen molar-refractivity contribution in [3.8, 4) is 5.75 Å². The summed E-state index contributed by atoms with van der Waals surface area (Å²) >= 11 is 0. The molecule has 1 saturated heterocycles. The van der Waals surface area contributed by atoms with Crippen LogP contribution in [0.25, 0.3) is 0 Å². The molecule has 1 aliphatic heterocycles. The highest BCUT2D eigenvalue weighted by Crippen LogP contribution is 2.26. The van der Waals surface area contributed by atoms with E-state index in [-0.39, 0.29) is 30.0 Å². The molecule has 1 aromatic rings. The molecule has 1 unspecified atom stereocenters. The molecule has 2 rings (SSSR count). The lowest BCUT2D eigenvalue weighted by Gasteiger charge is -2.14. The Balaban J connectivity index is 0.00000200. The summed E-state index contributed by atoms with van der Waals surface area (Å²) in [6.07, 6.45) is 1.66. The number of benzene rings is 1. The highest BCUT2D eigenvalue weighted by Gasteiger charge is 2.23. The van der Waals surface area contributed by atoms with E-state index in [0.29, 0.717) is 24.6 Å². The van der Waals surface area contributed by atoms with Gasteiger partial charge in [0.05, 0.1) is 18.2 Å². The zero-order chi connectivity index (χ0) is 13.7. The van der Waals surface area contributed by atoms with Gasteiger partial charge in [0.2, 0.25) is 5.91 Å². The summed E-state index contributed by atoms with van der Waals surface area (Å²) in [4.78, 5) is 12.0. The van der Waals surface area contributed by atoms with Gasteiger partial charge >= 0.3 is 0 Å². The maximum atomic E-state index is 13.2. The van der Waals surface area contributed by atoms with Gasteiger partial charge in [-0.3, -0.25) is 4.79 Å². The van der Waals surface area contributed by atoms with Gasteiger partial charge in [0.25, 0.3) is 0 Å². The van der Waals surface area contributed by atoms with Crippen molar-refractivity contribution in [1.82, 2.24) is 5.32 Å². The summed E-state index contributed by atoms with van der Waals surface area (Å²) in [5.41, 5.74) is 0.534. The predicted octanol–water partition coefficient (Wildman–Crippen LogP) is 2.58. The van der Waals surface area contributed by atoms with Crippen LogP contribution in [0.4, 0.5) is 10.1 Å². The average Bonchev–Trinajstić information content (AvgIpc) is 2.93. The number of anilines is 1. The van der Waals surface area contributed by atoms with Crippen LogP contribution in [0, 0.1) is 11.7 Å². The minimum absolute atomic E-state index is 0. The van der Waals surface area contributed by atoms with E-state index in [9.17, 15) is 9.18 Å². The van der Waals surface area contributed by atoms with Crippen molar-refractivity contribution >= 4 is 24.0 Å². The number of hydrogen-bond donors (Lipinski definition) is 2. The summed E-state index contributed by atoms with van der Waals surface area (Å²) in [5, 5.41) is 5.96. The third-order valence-electron chi connectivity index (χ3n) is 3.09. The van der Waals surface area contributed by atoms with E-state index in [1.165, 1.54) is 12.1 Å². The maximum Gasteiger partial charge on any atom is 0.228 e. The second-order valence-electron chi connectivity index (χ2n) is 4.67. The van der Waals surface area contributed by atoms with Gasteiger partial charge in [-0.2, -0.15) is 0 Å². The highest BCUT2D eigenvalue weighted by molar-refractivity contribution is 5.94. The van der Waals surface area contributed by atoms with Crippen LogP contribution in [-0.2, 0) is 4.79 Å². The van der Waals surface area contributed by atoms with Crippen molar-refractivity contribution in [3.05, 3.63) is 24.0 Å². The molecule has 0 bridgehead atoms. The molecule has 112 valence electrons. The van der Waals surface area contributed by atoms with Crippen molar-refractivity contribution in [2.45, 2.75) is 19.8 Å². The fourth-order valence-electron chi connectivity index (χ4n) is 2.04. The number of halogens is 2. The van der Waals surface area contributed by atoms with Crippen LogP contribution in [0.2, 0.25) is 0 Å². The molecule has 2 N–H and O–H groups in total. The molecule has 0 saturated carbocycles. The molecule has 1 fully saturated rings. The van der Waals surface area contributed by atoms with Gasteiger partial charge < -0.3 is 15.4 Å². The third kappa shape index (κ3) is 4.35. The Bertz CT molecular complexity index is 451. The number of carbonyl (C=O) groups excluding carboxylic acids is 1. The lowest BCUT2D eigenvalue weighted by atomic mass is 10.1. The number of amides is 1. The molecule has 1 aromatic carbocycles. The lowest BCUT2D eigenvalue weighted by Crippen LogP contribution is -2.24. The number of ether oxygens (including phenoxy) is 1. The number of carbonyl (C=O) groups is 1. The standard InChI is InChI=1S/C14H19FN2O2.ClH/c1-2-7-19-13-8-11(15)3-4-12(13)17-14(18)10-5-6-16-9-10;/h3-4,8,10,16H,2,5-7,9H2,1H3,(H,17,18);1H. The molecular weight excluding hydrogens is 283 g/mol. The molecule has 1 amide bonds. The number of rotatable bonds is 5. The molecule has 0 aliphatic carbocycles. The minimum atomic E-state index is -0.369. The van der Waals surface area contributed by atoms with E-state index >= 15 is 0 Å². The molecule has 1 heterocycles. The van der Waals surface area contributed by atoms with Crippen LogP contribution in [0.5, 0.6) is 5.75 Å². The number of nitrogens with one attached hydrogen (secondary N) is 2. The monoisotopic (exact) mass is 302 g/mol. The van der Waals surface area contributed by atoms with Crippen molar-refractivity contribution < 1.29 is 13.9 Å². The largest absolute Gasteiger partial charge is 0.491 e. The van der Waals surface area contributed by atoms with Gasteiger partial charge in [-0.1, -0.05) is 6.92 Å². The molecule has 20 heavy (non-hydrogen) atoms. The molecule has 0 spiro atoms. The van der Waals surface area contributed by atoms with Gasteiger partial charge in [-0.05, 0) is 31.5 Å². The normalized spacial score (nSPS) is 17.4. The van der Waals surface area contributed by atoms with Crippen molar-refractivity contribution in [2.75, 3.05) is 25.0 Å². The van der Waals surface area contributed by atoms with E-state index in [1.54, 1.807) is 6.07 Å². The van der Waals surface area contributed by atoms with Crippen LogP contribution in [0.3, 0.4) is 0 Å². The van der Waals surface area contributed by atoms with E-state index in [2.05, 4.69) is 10.6 Å². The van der Waals surface area contributed by atoms with E-state index in [1.807, 2.05) is 6.92 Å². The third-order valence-corrected chi connectivity index (χ3v) is 3.09. The SMILES string of the molecule is CCCOc1cc(F)ccc1NC(=O)C1CCNC1.Cl. The Kier molecular flexibility index (Phi) is 6.75. The smallest absolute Gasteiger partial charge is 0.228 e. The Morgan fingerprint density at radius 2 is 2.35 bits per heavy atom. The molecule has 6 heteroatoms. The van der Waals surface area contributed by atoms with Crippen molar-refractivity contribution in [3.63, 3.8) is 0 Å². The van der Waals surface area contributed by atoms with E-state index < -0.39 is 0 Å². The Morgan fingerprint density at radius 1 is 1.55 bits per heavy atom. The first-order valence-electron chi connectivity index (χ1n) is 6.64. The van der Waals surface area contributed by atoms with Crippen molar-refractivity contribution in [2.24, 2.45) is 5.92 Å². The quantitative estimate of drug-likeness (QED) is 0.879. The summed E-state index contributed by atoms with van der Waals surface area (Å²) in [5.74, 6) is -0.0465. The summed E-state index contributed by atoms with van der Waals surface area (Å²) < 4.78 is 18.7. The lowest BCUT2D eigenvalue weighted by molar-refractivity contribution is -0.119. The van der Waals surface area contributed by atoms with Crippen LogP contribution < -0.4 is 15.4 Å².